The third-order valence-corrected chi connectivity index (χ3v) is 5.00. The Labute approximate surface area is 164 Å². The van der Waals surface area contributed by atoms with E-state index in [1.165, 1.54) is 6.33 Å². The Balaban J connectivity index is 1.83. The van der Waals surface area contributed by atoms with Gasteiger partial charge in [0.15, 0.2) is 0 Å². The summed E-state index contributed by atoms with van der Waals surface area (Å²) in [6.45, 7) is 1.42. The van der Waals surface area contributed by atoms with Crippen LogP contribution in [0, 0.1) is 10.1 Å². The molecule has 0 saturated carbocycles. The van der Waals surface area contributed by atoms with E-state index in [1.54, 1.807) is 24.3 Å². The summed E-state index contributed by atoms with van der Waals surface area (Å²) in [5.74, 6) is -0.212. The van der Waals surface area contributed by atoms with Gasteiger partial charge < -0.3 is 4.90 Å². The summed E-state index contributed by atoms with van der Waals surface area (Å²) in [4.78, 5) is 33.5. The van der Waals surface area contributed by atoms with Crippen LogP contribution in [0.25, 0.3) is 0 Å². The zero-order chi connectivity index (χ0) is 19.2. The highest BCUT2D eigenvalue weighted by atomic mass is 79.9. The molecule has 1 aliphatic heterocycles. The number of carbonyl (C=O) groups is 1. The Morgan fingerprint density at radius 1 is 1.15 bits per heavy atom. The van der Waals surface area contributed by atoms with Crippen molar-refractivity contribution in [3.05, 3.63) is 50.7 Å². The predicted octanol–water partition coefficient (Wildman–Crippen LogP) is 3.28. The van der Waals surface area contributed by atoms with Crippen LogP contribution < -0.4 is 15.8 Å². The molecule has 2 heterocycles. The average Bonchev–Trinajstić information content (AvgIpc) is 2.95. The van der Waals surface area contributed by atoms with Gasteiger partial charge in [-0.1, -0.05) is 25.0 Å². The van der Waals surface area contributed by atoms with E-state index in [4.69, 9.17) is 0 Å². The molecule has 2 aromatic rings. The maximum absolute atomic E-state index is 12.3. The molecule has 0 atom stereocenters. The number of nitro groups is 1. The highest BCUT2D eigenvalue weighted by molar-refractivity contribution is 9.10. The van der Waals surface area contributed by atoms with Crippen molar-refractivity contribution in [2.45, 2.75) is 25.7 Å². The number of halogens is 1. The van der Waals surface area contributed by atoms with Crippen molar-refractivity contribution >= 4 is 39.2 Å². The number of hydrogen-bond acceptors (Lipinski definition) is 7. The Hall–Kier alpha value is -2.75. The molecule has 1 fully saturated rings. The van der Waals surface area contributed by atoms with Crippen molar-refractivity contribution in [1.29, 1.82) is 0 Å². The van der Waals surface area contributed by atoms with Crippen LogP contribution in [0.5, 0.6) is 0 Å². The number of hydrazine groups is 1. The molecule has 2 N–H and O–H groups in total. The standard InChI is InChI=1S/C17H19BrN6O3/c18-13-8-4-3-7-12(13)17(25)22-21-15-14(24(26)27)16(20-11-19-15)23-9-5-1-2-6-10-23/h3-4,7-8,11H,1-2,5-6,9-10H2,(H,22,25)(H,19,20,21). The summed E-state index contributed by atoms with van der Waals surface area (Å²) in [6.07, 6.45) is 5.39. The second kappa shape index (κ2) is 8.76. The van der Waals surface area contributed by atoms with Crippen LogP contribution in [-0.2, 0) is 0 Å². The van der Waals surface area contributed by atoms with Gasteiger partial charge in [0.2, 0.25) is 11.6 Å². The first-order chi connectivity index (χ1) is 13.1. The summed E-state index contributed by atoms with van der Waals surface area (Å²) >= 11 is 3.30. The Morgan fingerprint density at radius 3 is 2.52 bits per heavy atom. The van der Waals surface area contributed by atoms with E-state index in [2.05, 4.69) is 36.7 Å². The molecule has 10 heteroatoms. The van der Waals surface area contributed by atoms with Gasteiger partial charge in [0.05, 0.1) is 10.5 Å². The molecule has 27 heavy (non-hydrogen) atoms. The molecule has 142 valence electrons. The first kappa shape index (κ1) is 19.0. The van der Waals surface area contributed by atoms with Crippen LogP contribution in [0.1, 0.15) is 36.0 Å². The third-order valence-electron chi connectivity index (χ3n) is 4.30. The maximum Gasteiger partial charge on any atom is 0.355 e. The summed E-state index contributed by atoms with van der Waals surface area (Å²) < 4.78 is 0.617. The highest BCUT2D eigenvalue weighted by Gasteiger charge is 2.27. The van der Waals surface area contributed by atoms with E-state index in [0.717, 1.165) is 25.7 Å². The molecule has 1 amide bonds. The SMILES string of the molecule is O=C(NNc1ncnc(N2CCCCCC2)c1[N+](=O)[O-])c1ccccc1Br. The van der Waals surface area contributed by atoms with Crippen molar-refractivity contribution in [3.8, 4) is 0 Å². The molecule has 0 bridgehead atoms. The van der Waals surface area contributed by atoms with E-state index >= 15 is 0 Å². The average molecular weight is 435 g/mol. The molecule has 0 unspecified atom stereocenters. The van der Waals surface area contributed by atoms with Gasteiger partial charge in [0.1, 0.15) is 6.33 Å². The molecule has 3 rings (SSSR count). The minimum atomic E-state index is -0.521. The summed E-state index contributed by atoms with van der Waals surface area (Å²) in [7, 11) is 0. The van der Waals surface area contributed by atoms with E-state index in [0.29, 0.717) is 23.1 Å². The number of nitrogens with one attached hydrogen (secondary N) is 2. The quantitative estimate of drug-likeness (QED) is 0.547. The number of amides is 1. The fourth-order valence-corrected chi connectivity index (χ4v) is 3.44. The number of rotatable bonds is 5. The van der Waals surface area contributed by atoms with E-state index in [1.807, 2.05) is 4.90 Å². The number of anilines is 2. The summed E-state index contributed by atoms with van der Waals surface area (Å²) in [6, 6.07) is 6.89. The summed E-state index contributed by atoms with van der Waals surface area (Å²) in [5, 5.41) is 11.7. The Morgan fingerprint density at radius 2 is 1.85 bits per heavy atom. The maximum atomic E-state index is 12.3. The zero-order valence-electron chi connectivity index (χ0n) is 14.5. The number of aromatic nitrogens is 2. The van der Waals surface area contributed by atoms with Crippen molar-refractivity contribution in [2.24, 2.45) is 0 Å². The van der Waals surface area contributed by atoms with Crippen molar-refractivity contribution < 1.29 is 9.72 Å². The molecule has 0 aliphatic carbocycles. The fraction of sp³-hybridized carbons (Fsp3) is 0.353. The van der Waals surface area contributed by atoms with Crippen LogP contribution in [0.4, 0.5) is 17.3 Å². The second-order valence-corrected chi connectivity index (χ2v) is 6.97. The van der Waals surface area contributed by atoms with Crippen LogP contribution >= 0.6 is 15.9 Å². The molecule has 1 saturated heterocycles. The monoisotopic (exact) mass is 434 g/mol. The molecule has 1 aromatic heterocycles. The normalized spacial score (nSPS) is 14.3. The molecular weight excluding hydrogens is 416 g/mol. The van der Waals surface area contributed by atoms with E-state index in [9.17, 15) is 14.9 Å². The first-order valence-electron chi connectivity index (χ1n) is 8.63. The van der Waals surface area contributed by atoms with Crippen molar-refractivity contribution in [1.82, 2.24) is 15.4 Å². The summed E-state index contributed by atoms with van der Waals surface area (Å²) in [5.41, 5.74) is 5.19. The van der Waals surface area contributed by atoms with E-state index in [-0.39, 0.29) is 17.3 Å². The number of nitrogens with zero attached hydrogens (tertiary/aromatic N) is 4. The molecule has 0 spiro atoms. The lowest BCUT2D eigenvalue weighted by molar-refractivity contribution is -0.383. The van der Waals surface area contributed by atoms with Gasteiger partial charge in [-0.3, -0.25) is 25.8 Å². The highest BCUT2D eigenvalue weighted by Crippen LogP contribution is 2.32. The van der Waals surface area contributed by atoms with Gasteiger partial charge in [0, 0.05) is 17.6 Å². The fourth-order valence-electron chi connectivity index (χ4n) is 2.97. The van der Waals surface area contributed by atoms with Gasteiger partial charge >= 0.3 is 5.69 Å². The topological polar surface area (TPSA) is 113 Å². The number of hydrogen-bond donors (Lipinski definition) is 2. The molecule has 9 nitrogen and oxygen atoms in total. The smallest absolute Gasteiger partial charge is 0.351 e. The Bertz CT molecular complexity index is 839. The van der Waals surface area contributed by atoms with Gasteiger partial charge in [-0.05, 0) is 40.9 Å². The van der Waals surface area contributed by atoms with Crippen LogP contribution in [0.3, 0.4) is 0 Å². The molecule has 1 aliphatic rings. The van der Waals surface area contributed by atoms with Crippen molar-refractivity contribution in [3.63, 3.8) is 0 Å². The first-order valence-corrected chi connectivity index (χ1v) is 9.42. The molecular formula is C17H19BrN6O3. The lowest BCUT2D eigenvalue weighted by Gasteiger charge is -2.21. The minimum absolute atomic E-state index is 0.0466. The number of carbonyl (C=O) groups excluding carboxylic acids is 1. The largest absolute Gasteiger partial charge is 0.355 e. The Kier molecular flexibility index (Phi) is 6.17. The van der Waals surface area contributed by atoms with Crippen molar-refractivity contribution in [2.75, 3.05) is 23.4 Å². The molecule has 1 aromatic carbocycles. The third kappa shape index (κ3) is 4.51. The lowest BCUT2D eigenvalue weighted by Crippen LogP contribution is -2.31. The predicted molar refractivity (Wildman–Crippen MR) is 105 cm³/mol. The lowest BCUT2D eigenvalue weighted by atomic mass is 10.2. The van der Waals surface area contributed by atoms with Crippen LogP contribution in [0.2, 0.25) is 0 Å². The van der Waals surface area contributed by atoms with Gasteiger partial charge in [0.25, 0.3) is 5.91 Å². The number of benzene rings is 1. The second-order valence-electron chi connectivity index (χ2n) is 6.11. The van der Waals surface area contributed by atoms with Crippen LogP contribution in [-0.4, -0.2) is 33.9 Å². The van der Waals surface area contributed by atoms with Gasteiger partial charge in [-0.15, -0.1) is 0 Å². The van der Waals surface area contributed by atoms with Gasteiger partial charge in [-0.2, -0.15) is 0 Å². The molecule has 0 radical (unpaired) electrons. The van der Waals surface area contributed by atoms with Crippen LogP contribution in [0.15, 0.2) is 35.1 Å². The minimum Gasteiger partial charge on any atom is -0.351 e. The van der Waals surface area contributed by atoms with E-state index < -0.39 is 10.8 Å². The zero-order valence-corrected chi connectivity index (χ0v) is 16.1. The van der Waals surface area contributed by atoms with Gasteiger partial charge in [-0.25, -0.2) is 9.97 Å².